The van der Waals surface area contributed by atoms with E-state index in [1.54, 1.807) is 0 Å². The predicted molar refractivity (Wildman–Crippen MR) is 258 cm³/mol. The van der Waals surface area contributed by atoms with Gasteiger partial charge in [0.05, 0.1) is 5.69 Å². The highest BCUT2D eigenvalue weighted by Crippen LogP contribution is 2.59. The number of allylic oxidation sites excluding steroid dienone is 2. The smallest absolute Gasteiger partial charge is 0.143 e. The third-order valence-electron chi connectivity index (χ3n) is 13.5. The van der Waals surface area contributed by atoms with E-state index in [1.165, 1.54) is 61.3 Å². The molecule has 1 aromatic heterocycles. The molecule has 0 atom stereocenters. The van der Waals surface area contributed by atoms with Gasteiger partial charge < -0.3 is 9.32 Å². The van der Waals surface area contributed by atoms with Crippen LogP contribution in [0.3, 0.4) is 0 Å². The van der Waals surface area contributed by atoms with Crippen LogP contribution in [-0.2, 0) is 10.8 Å². The van der Waals surface area contributed by atoms with Gasteiger partial charge in [0.25, 0.3) is 0 Å². The molecule has 0 amide bonds. The minimum absolute atomic E-state index is 0.127. The molecule has 0 bridgehead atoms. The first kappa shape index (κ1) is 36.9. The number of para-hydroxylation sites is 2. The first-order chi connectivity index (χ1) is 29.7. The van der Waals surface area contributed by atoms with E-state index in [4.69, 9.17) is 4.42 Å². The molecule has 0 radical (unpaired) electrons. The molecule has 8 aromatic carbocycles. The second-order valence-corrected chi connectivity index (χ2v) is 17.8. The average molecular weight is 786 g/mol. The second-order valence-electron chi connectivity index (χ2n) is 17.8. The highest BCUT2D eigenvalue weighted by molar-refractivity contribution is 6.10. The lowest BCUT2D eigenvalue weighted by molar-refractivity contribution is 0.652. The molecular weight excluding hydrogens is 739 g/mol. The molecule has 2 aliphatic carbocycles. The maximum Gasteiger partial charge on any atom is 0.143 e. The molecule has 0 spiro atoms. The molecule has 0 saturated carbocycles. The highest BCUT2D eigenvalue weighted by atomic mass is 16.3. The van der Waals surface area contributed by atoms with E-state index < -0.39 is 0 Å². The minimum Gasteiger partial charge on any atom is -0.455 e. The predicted octanol–water partition coefficient (Wildman–Crippen LogP) is 15.9. The molecule has 0 aliphatic heterocycles. The summed E-state index contributed by atoms with van der Waals surface area (Å²) in [6.07, 6.45) is 4.44. The van der Waals surface area contributed by atoms with Crippen molar-refractivity contribution in [3.8, 4) is 44.5 Å². The SMILES string of the molecule is C=C(/C=C\CN(c1ccc(-c2ccccc2)cc1)c1cc(-c2cccc3c2oc2ccccc23)cc2c1-c1cc3c(cc1C2(C)C)-c1ccccc1C3(C)C)c1ccccc1. The van der Waals surface area contributed by atoms with E-state index in [2.05, 4.69) is 227 Å². The molecule has 2 nitrogen and oxygen atoms in total. The Bertz CT molecular complexity index is 3220. The zero-order valence-electron chi connectivity index (χ0n) is 35.2. The van der Waals surface area contributed by atoms with Crippen molar-refractivity contribution in [2.24, 2.45) is 0 Å². The van der Waals surface area contributed by atoms with Crippen molar-refractivity contribution in [2.75, 3.05) is 11.4 Å². The van der Waals surface area contributed by atoms with E-state index in [9.17, 15) is 0 Å². The maximum absolute atomic E-state index is 6.72. The molecule has 0 saturated heterocycles. The Morgan fingerprint density at radius 2 is 1.15 bits per heavy atom. The second kappa shape index (κ2) is 14.0. The van der Waals surface area contributed by atoms with E-state index in [0.717, 1.165) is 49.9 Å². The Morgan fingerprint density at radius 1 is 0.525 bits per heavy atom. The molecule has 0 N–H and O–H groups in total. The number of hydrogen-bond acceptors (Lipinski definition) is 2. The van der Waals surface area contributed by atoms with Gasteiger partial charge in [0.1, 0.15) is 11.2 Å². The lowest BCUT2D eigenvalue weighted by Gasteiger charge is -2.29. The molecule has 61 heavy (non-hydrogen) atoms. The summed E-state index contributed by atoms with van der Waals surface area (Å²) < 4.78 is 6.72. The van der Waals surface area contributed by atoms with Gasteiger partial charge in [-0.25, -0.2) is 0 Å². The van der Waals surface area contributed by atoms with Crippen LogP contribution in [0, 0.1) is 0 Å². The standard InChI is InChI=1S/C59H47NO/c1-38(39-19-8-6-9-20-39)18-17-33-60(43-31-29-41(30-32-43)40-21-10-7-11-22-40)54-35-42(44-25-16-26-47-46-24-13-15-28-55(46)61-57(44)47)34-53-56(54)49-37-51-48(36-52(49)59(53,4)5)45-23-12-14-27-50(45)58(51,2)3/h6-32,34-37H,1,33H2,2-5H3/b18-17-. The monoisotopic (exact) mass is 785 g/mol. The van der Waals surface area contributed by atoms with Gasteiger partial charge >= 0.3 is 0 Å². The van der Waals surface area contributed by atoms with E-state index in [0.29, 0.717) is 6.54 Å². The van der Waals surface area contributed by atoms with Crippen LogP contribution < -0.4 is 4.90 Å². The molecule has 294 valence electrons. The van der Waals surface area contributed by atoms with Crippen LogP contribution in [0.4, 0.5) is 11.4 Å². The van der Waals surface area contributed by atoms with Crippen molar-refractivity contribution in [3.63, 3.8) is 0 Å². The van der Waals surface area contributed by atoms with Gasteiger partial charge in [-0.3, -0.25) is 0 Å². The van der Waals surface area contributed by atoms with Crippen LogP contribution in [0.2, 0.25) is 0 Å². The molecule has 1 heterocycles. The number of rotatable bonds is 8. The quantitative estimate of drug-likeness (QED) is 0.143. The zero-order valence-corrected chi connectivity index (χ0v) is 35.2. The topological polar surface area (TPSA) is 16.4 Å². The van der Waals surface area contributed by atoms with E-state index >= 15 is 0 Å². The van der Waals surface area contributed by atoms with Gasteiger partial charge in [-0.1, -0.05) is 180 Å². The third kappa shape index (κ3) is 5.85. The molecule has 0 unspecified atom stereocenters. The van der Waals surface area contributed by atoms with Crippen molar-refractivity contribution >= 4 is 38.9 Å². The summed E-state index contributed by atoms with van der Waals surface area (Å²) in [4.78, 5) is 2.50. The summed E-state index contributed by atoms with van der Waals surface area (Å²) in [5.74, 6) is 0. The molecule has 2 aliphatic rings. The summed E-state index contributed by atoms with van der Waals surface area (Å²) >= 11 is 0. The molecule has 2 heteroatoms. The summed E-state index contributed by atoms with van der Waals surface area (Å²) in [5.41, 5.74) is 21.2. The maximum atomic E-state index is 6.72. The summed E-state index contributed by atoms with van der Waals surface area (Å²) in [6, 6.07) is 64.0. The Balaban J connectivity index is 1.16. The van der Waals surface area contributed by atoms with Gasteiger partial charge in [-0.05, 0) is 109 Å². The fraction of sp³-hybridized carbons (Fsp3) is 0.119. The minimum atomic E-state index is -0.284. The molecular formula is C59H47NO. The van der Waals surface area contributed by atoms with Crippen LogP contribution >= 0.6 is 0 Å². The lowest BCUT2D eigenvalue weighted by atomic mass is 9.79. The number of benzene rings is 8. The third-order valence-corrected chi connectivity index (χ3v) is 13.5. The number of fused-ring (bicyclic) bond motifs is 9. The zero-order chi connectivity index (χ0) is 41.5. The van der Waals surface area contributed by atoms with Gasteiger partial charge in [-0.2, -0.15) is 0 Å². The molecule has 11 rings (SSSR count). The first-order valence-electron chi connectivity index (χ1n) is 21.4. The largest absolute Gasteiger partial charge is 0.455 e. The fourth-order valence-electron chi connectivity index (χ4n) is 10.2. The van der Waals surface area contributed by atoms with Gasteiger partial charge in [0.15, 0.2) is 0 Å². The Hall–Kier alpha value is -7.16. The van der Waals surface area contributed by atoms with Crippen molar-refractivity contribution in [2.45, 2.75) is 38.5 Å². The lowest BCUT2D eigenvalue weighted by Crippen LogP contribution is -2.19. The molecule has 0 fully saturated rings. The van der Waals surface area contributed by atoms with Crippen LogP contribution in [-0.4, -0.2) is 6.54 Å². The van der Waals surface area contributed by atoms with E-state index in [1.807, 2.05) is 0 Å². The fourth-order valence-corrected chi connectivity index (χ4v) is 10.2. The van der Waals surface area contributed by atoms with Crippen LogP contribution in [0.5, 0.6) is 0 Å². The van der Waals surface area contributed by atoms with Crippen LogP contribution in [0.1, 0.15) is 55.5 Å². The van der Waals surface area contributed by atoms with Crippen molar-refractivity contribution < 1.29 is 4.42 Å². The number of furan rings is 1. The Morgan fingerprint density at radius 3 is 1.95 bits per heavy atom. The average Bonchev–Trinajstić information content (AvgIpc) is 3.87. The van der Waals surface area contributed by atoms with Crippen molar-refractivity contribution in [1.82, 2.24) is 0 Å². The Labute approximate surface area is 358 Å². The Kier molecular flexibility index (Phi) is 8.44. The van der Waals surface area contributed by atoms with Gasteiger partial charge in [0, 0.05) is 45.0 Å². The number of nitrogens with zero attached hydrogens (tertiary/aromatic N) is 1. The molecule has 9 aromatic rings. The first-order valence-corrected chi connectivity index (χ1v) is 21.4. The summed E-state index contributed by atoms with van der Waals surface area (Å²) in [7, 11) is 0. The van der Waals surface area contributed by atoms with Gasteiger partial charge in [0.2, 0.25) is 0 Å². The normalized spacial score (nSPS) is 14.2. The van der Waals surface area contributed by atoms with E-state index in [-0.39, 0.29) is 10.8 Å². The van der Waals surface area contributed by atoms with Crippen molar-refractivity contribution in [1.29, 1.82) is 0 Å². The summed E-state index contributed by atoms with van der Waals surface area (Å²) in [6.45, 7) is 14.7. The van der Waals surface area contributed by atoms with Crippen LogP contribution in [0.15, 0.2) is 199 Å². The number of hydrogen-bond donors (Lipinski definition) is 0. The summed E-state index contributed by atoms with van der Waals surface area (Å²) in [5, 5.41) is 2.26. The van der Waals surface area contributed by atoms with Crippen LogP contribution in [0.25, 0.3) is 72.0 Å². The van der Waals surface area contributed by atoms with Crippen molar-refractivity contribution in [3.05, 3.63) is 222 Å². The highest BCUT2D eigenvalue weighted by Gasteiger charge is 2.43. The van der Waals surface area contributed by atoms with Gasteiger partial charge in [-0.15, -0.1) is 0 Å². The number of anilines is 2.